The van der Waals surface area contributed by atoms with Crippen molar-refractivity contribution in [2.75, 3.05) is 29.0 Å². The summed E-state index contributed by atoms with van der Waals surface area (Å²) in [6.45, 7) is 3.89. The van der Waals surface area contributed by atoms with Gasteiger partial charge in [0.05, 0.1) is 18.3 Å². The topological polar surface area (TPSA) is 97.0 Å². The average molecular weight is 409 g/mol. The Balaban J connectivity index is 1.30. The Bertz CT molecular complexity index is 979. The van der Waals surface area contributed by atoms with Gasteiger partial charge < -0.3 is 16.0 Å². The number of aromatic nitrogens is 3. The summed E-state index contributed by atoms with van der Waals surface area (Å²) in [7, 11) is 0. The normalized spacial score (nSPS) is 14.7. The van der Waals surface area contributed by atoms with E-state index in [2.05, 4.69) is 25.4 Å². The lowest BCUT2D eigenvalue weighted by Crippen LogP contribution is -2.32. The van der Waals surface area contributed by atoms with Gasteiger partial charge in [-0.1, -0.05) is 41.2 Å². The fraction of sp³-hybridized carbons (Fsp3) is 0.333. The van der Waals surface area contributed by atoms with Crippen LogP contribution < -0.4 is 16.0 Å². The number of benzene rings is 1. The molecule has 1 fully saturated rings. The molecule has 3 aromatic rings. The summed E-state index contributed by atoms with van der Waals surface area (Å²) in [5.74, 6) is 0.938. The van der Waals surface area contributed by atoms with Gasteiger partial charge in [0.25, 0.3) is 0 Å². The lowest BCUT2D eigenvalue weighted by Gasteiger charge is -2.32. The molecule has 0 aliphatic carbocycles. The van der Waals surface area contributed by atoms with Crippen LogP contribution >= 0.6 is 11.3 Å². The monoisotopic (exact) mass is 408 g/mol. The molecule has 7 nitrogen and oxygen atoms in total. The number of hydrogen-bond donors (Lipinski definition) is 2. The second-order valence-corrected chi connectivity index (χ2v) is 8.40. The highest BCUT2D eigenvalue weighted by Gasteiger charge is 2.23. The van der Waals surface area contributed by atoms with Gasteiger partial charge in [-0.3, -0.25) is 4.79 Å². The maximum Gasteiger partial charge on any atom is 0.229 e. The van der Waals surface area contributed by atoms with E-state index in [1.54, 1.807) is 0 Å². The molecular formula is C21H24N6OS. The highest BCUT2D eigenvalue weighted by Crippen LogP contribution is 2.32. The molecule has 0 radical (unpaired) electrons. The lowest BCUT2D eigenvalue weighted by atomic mass is 9.97. The molecule has 1 aliphatic heterocycles. The van der Waals surface area contributed by atoms with Crippen LogP contribution in [0.25, 0.3) is 0 Å². The summed E-state index contributed by atoms with van der Waals surface area (Å²) >= 11 is 1.48. The zero-order valence-electron chi connectivity index (χ0n) is 16.3. The van der Waals surface area contributed by atoms with Gasteiger partial charge in [0.2, 0.25) is 11.0 Å². The fourth-order valence-electron chi connectivity index (χ4n) is 3.64. The van der Waals surface area contributed by atoms with E-state index in [0.717, 1.165) is 47.8 Å². The number of aryl methyl sites for hydroxylation is 1. The molecule has 8 heteroatoms. The summed E-state index contributed by atoms with van der Waals surface area (Å²) in [4.78, 5) is 19.0. The van der Waals surface area contributed by atoms with Crippen LogP contribution in [0.1, 0.15) is 34.9 Å². The van der Waals surface area contributed by atoms with Gasteiger partial charge in [-0.05, 0) is 37.5 Å². The van der Waals surface area contributed by atoms with E-state index in [4.69, 9.17) is 5.73 Å². The van der Waals surface area contributed by atoms with Crippen molar-refractivity contribution < 1.29 is 4.79 Å². The number of nitrogens with zero attached hydrogens (tertiary/aromatic N) is 4. The highest BCUT2D eigenvalue weighted by atomic mass is 32.1. The minimum absolute atomic E-state index is 0.0620. The summed E-state index contributed by atoms with van der Waals surface area (Å²) in [5.41, 5.74) is 8.91. The summed E-state index contributed by atoms with van der Waals surface area (Å²) < 4.78 is 0. The van der Waals surface area contributed by atoms with Crippen molar-refractivity contribution in [3.63, 3.8) is 0 Å². The average Bonchev–Trinajstić information content (AvgIpc) is 3.15. The van der Waals surface area contributed by atoms with Crippen LogP contribution in [0.4, 0.5) is 16.6 Å². The number of rotatable bonds is 5. The molecule has 3 N–H and O–H groups in total. The quantitative estimate of drug-likeness (QED) is 0.672. The van der Waals surface area contributed by atoms with Gasteiger partial charge in [0.15, 0.2) is 0 Å². The Hall–Kier alpha value is -3.00. The molecule has 0 saturated carbocycles. The Morgan fingerprint density at radius 1 is 1.24 bits per heavy atom. The summed E-state index contributed by atoms with van der Waals surface area (Å²) in [6.07, 6.45) is 4.20. The first kappa shape index (κ1) is 19.3. The number of carbonyl (C=O) groups is 1. The van der Waals surface area contributed by atoms with Crippen LogP contribution in [0.2, 0.25) is 0 Å². The first-order valence-electron chi connectivity index (χ1n) is 9.72. The van der Waals surface area contributed by atoms with Crippen LogP contribution in [0.15, 0.2) is 42.6 Å². The molecule has 29 heavy (non-hydrogen) atoms. The standard InChI is InChI=1S/C21H24N6OS/c1-14-3-2-4-15(11-14)12-19(28)24-18-6-5-17(13-23-18)27-9-7-16(8-10-27)20-25-26-21(22)29-20/h2-6,11,13,16H,7-10,12H2,1H3,(H2,22,26)(H,23,24,28). The molecule has 0 atom stereocenters. The molecule has 1 aromatic carbocycles. The molecule has 0 spiro atoms. The van der Waals surface area contributed by atoms with E-state index in [0.29, 0.717) is 23.3 Å². The molecule has 4 rings (SSSR count). The third-order valence-corrected chi connectivity index (χ3v) is 6.04. The van der Waals surface area contributed by atoms with Gasteiger partial charge in [-0.15, -0.1) is 10.2 Å². The van der Waals surface area contributed by atoms with Gasteiger partial charge in [0.1, 0.15) is 10.8 Å². The molecule has 0 unspecified atom stereocenters. The second kappa shape index (κ2) is 8.57. The number of nitrogens with two attached hydrogens (primary N) is 1. The lowest BCUT2D eigenvalue weighted by molar-refractivity contribution is -0.115. The number of anilines is 3. The van der Waals surface area contributed by atoms with Crippen molar-refractivity contribution >= 4 is 33.9 Å². The minimum atomic E-state index is -0.0620. The summed E-state index contributed by atoms with van der Waals surface area (Å²) in [6, 6.07) is 11.8. The first-order chi connectivity index (χ1) is 14.1. The Kier molecular flexibility index (Phi) is 5.71. The van der Waals surface area contributed by atoms with Crippen molar-refractivity contribution in [3.05, 3.63) is 58.7 Å². The van der Waals surface area contributed by atoms with Gasteiger partial charge >= 0.3 is 0 Å². The molecule has 1 aliphatic rings. The van der Waals surface area contributed by atoms with Crippen LogP contribution in [0.5, 0.6) is 0 Å². The number of pyridine rings is 1. The maximum absolute atomic E-state index is 12.3. The number of nitrogens with one attached hydrogen (secondary N) is 1. The van der Waals surface area contributed by atoms with E-state index < -0.39 is 0 Å². The molecule has 1 saturated heterocycles. The molecular weight excluding hydrogens is 384 g/mol. The smallest absolute Gasteiger partial charge is 0.229 e. The first-order valence-corrected chi connectivity index (χ1v) is 10.5. The molecule has 150 valence electrons. The Morgan fingerprint density at radius 3 is 2.72 bits per heavy atom. The van der Waals surface area contributed by atoms with E-state index in [9.17, 15) is 4.79 Å². The van der Waals surface area contributed by atoms with E-state index in [-0.39, 0.29) is 5.91 Å². The predicted molar refractivity (Wildman–Crippen MR) is 116 cm³/mol. The number of nitrogen functional groups attached to an aromatic ring is 1. The number of amides is 1. The molecule has 3 heterocycles. The third-order valence-electron chi connectivity index (χ3n) is 5.13. The van der Waals surface area contributed by atoms with Crippen molar-refractivity contribution in [3.8, 4) is 0 Å². The van der Waals surface area contributed by atoms with Crippen LogP contribution in [-0.2, 0) is 11.2 Å². The number of piperidine rings is 1. The van der Waals surface area contributed by atoms with Crippen LogP contribution in [-0.4, -0.2) is 34.2 Å². The maximum atomic E-state index is 12.3. The molecule has 2 aromatic heterocycles. The Labute approximate surface area is 174 Å². The highest BCUT2D eigenvalue weighted by molar-refractivity contribution is 7.15. The van der Waals surface area contributed by atoms with Crippen molar-refractivity contribution in [2.45, 2.75) is 32.1 Å². The largest absolute Gasteiger partial charge is 0.374 e. The van der Waals surface area contributed by atoms with E-state index >= 15 is 0 Å². The third kappa shape index (κ3) is 4.89. The zero-order chi connectivity index (χ0) is 20.2. The van der Waals surface area contributed by atoms with Gasteiger partial charge in [0, 0.05) is 19.0 Å². The Morgan fingerprint density at radius 2 is 2.07 bits per heavy atom. The van der Waals surface area contributed by atoms with Gasteiger partial charge in [-0.25, -0.2) is 4.98 Å². The van der Waals surface area contributed by atoms with Gasteiger partial charge in [-0.2, -0.15) is 0 Å². The predicted octanol–water partition coefficient (Wildman–Crippen LogP) is 3.39. The SMILES string of the molecule is Cc1cccc(CC(=O)Nc2ccc(N3CCC(c4nnc(N)s4)CC3)cn2)c1. The zero-order valence-corrected chi connectivity index (χ0v) is 17.2. The van der Waals surface area contributed by atoms with Crippen LogP contribution in [0.3, 0.4) is 0 Å². The van der Waals surface area contributed by atoms with Crippen molar-refractivity contribution in [2.24, 2.45) is 0 Å². The van der Waals surface area contributed by atoms with E-state index in [1.807, 2.05) is 49.5 Å². The minimum Gasteiger partial charge on any atom is -0.374 e. The molecule has 1 amide bonds. The number of hydrogen-bond acceptors (Lipinski definition) is 7. The number of carbonyl (C=O) groups excluding carboxylic acids is 1. The summed E-state index contributed by atoms with van der Waals surface area (Å²) in [5, 5.41) is 12.5. The van der Waals surface area contributed by atoms with Crippen molar-refractivity contribution in [1.29, 1.82) is 0 Å². The fourth-order valence-corrected chi connectivity index (χ4v) is 4.42. The van der Waals surface area contributed by atoms with E-state index in [1.165, 1.54) is 11.3 Å². The molecule has 0 bridgehead atoms. The second-order valence-electron chi connectivity index (χ2n) is 7.36. The van der Waals surface area contributed by atoms with Crippen molar-refractivity contribution in [1.82, 2.24) is 15.2 Å². The van der Waals surface area contributed by atoms with Crippen LogP contribution in [0, 0.1) is 6.92 Å².